The molecule has 0 aromatic heterocycles. The molecule has 1 aliphatic heterocycles. The van der Waals surface area contributed by atoms with E-state index in [0.717, 1.165) is 0 Å². The maximum atomic E-state index is 13.9. The van der Waals surface area contributed by atoms with Crippen molar-refractivity contribution in [2.24, 2.45) is 5.73 Å². The SMILES string of the molecule is CC1C(=O)NCCN1c1ccc(CN)c(F)c1F. The Balaban J connectivity index is 2.39. The summed E-state index contributed by atoms with van der Waals surface area (Å²) >= 11 is 0. The second kappa shape index (κ2) is 4.89. The zero-order valence-electron chi connectivity index (χ0n) is 10.0. The standard InChI is InChI=1S/C12H15F2N3O/c1-7-12(18)16-4-5-17(7)9-3-2-8(6-15)10(13)11(9)14/h2-3,7H,4-6,15H2,1H3,(H,16,18). The Morgan fingerprint density at radius 1 is 1.44 bits per heavy atom. The summed E-state index contributed by atoms with van der Waals surface area (Å²) in [6.45, 7) is 2.47. The average molecular weight is 255 g/mol. The van der Waals surface area contributed by atoms with Crippen LogP contribution in [0.2, 0.25) is 0 Å². The minimum atomic E-state index is -0.945. The van der Waals surface area contributed by atoms with Gasteiger partial charge in [-0.05, 0) is 13.0 Å². The minimum absolute atomic E-state index is 0.0565. The van der Waals surface area contributed by atoms with E-state index in [4.69, 9.17) is 5.73 Å². The van der Waals surface area contributed by atoms with Crippen LogP contribution in [0.25, 0.3) is 0 Å². The second-order valence-corrected chi connectivity index (χ2v) is 4.24. The Bertz CT molecular complexity index is 479. The van der Waals surface area contributed by atoms with E-state index in [1.165, 1.54) is 12.1 Å². The maximum absolute atomic E-state index is 13.9. The van der Waals surface area contributed by atoms with Crippen molar-refractivity contribution in [2.45, 2.75) is 19.5 Å². The zero-order valence-corrected chi connectivity index (χ0v) is 10.0. The van der Waals surface area contributed by atoms with Gasteiger partial charge in [0.15, 0.2) is 11.6 Å². The number of hydrogen-bond donors (Lipinski definition) is 2. The third kappa shape index (κ3) is 2.03. The Kier molecular flexibility index (Phi) is 3.47. The number of halogens is 2. The van der Waals surface area contributed by atoms with E-state index in [9.17, 15) is 13.6 Å². The van der Waals surface area contributed by atoms with Crippen molar-refractivity contribution in [1.29, 1.82) is 0 Å². The van der Waals surface area contributed by atoms with Crippen LogP contribution in [0.4, 0.5) is 14.5 Å². The highest BCUT2D eigenvalue weighted by molar-refractivity contribution is 5.86. The van der Waals surface area contributed by atoms with Gasteiger partial charge in [0.1, 0.15) is 6.04 Å². The fourth-order valence-corrected chi connectivity index (χ4v) is 2.07. The molecule has 0 saturated carbocycles. The predicted molar refractivity (Wildman–Crippen MR) is 64.1 cm³/mol. The number of nitrogens with two attached hydrogens (primary N) is 1. The molecular formula is C12H15F2N3O. The van der Waals surface area contributed by atoms with Crippen LogP contribution < -0.4 is 16.0 Å². The number of piperazine rings is 1. The van der Waals surface area contributed by atoms with Gasteiger partial charge in [0.25, 0.3) is 0 Å². The molecule has 2 rings (SSSR count). The molecule has 0 radical (unpaired) electrons. The summed E-state index contributed by atoms with van der Waals surface area (Å²) in [5.74, 6) is -2.07. The van der Waals surface area contributed by atoms with Crippen molar-refractivity contribution in [3.63, 3.8) is 0 Å². The summed E-state index contributed by atoms with van der Waals surface area (Å²) in [5.41, 5.74) is 5.55. The lowest BCUT2D eigenvalue weighted by molar-refractivity contribution is -0.122. The zero-order chi connectivity index (χ0) is 13.3. The Morgan fingerprint density at radius 3 is 2.83 bits per heavy atom. The topological polar surface area (TPSA) is 58.4 Å². The molecule has 1 amide bonds. The number of rotatable bonds is 2. The van der Waals surface area contributed by atoms with Crippen LogP contribution in [0, 0.1) is 11.6 Å². The summed E-state index contributed by atoms with van der Waals surface area (Å²) in [5, 5.41) is 2.67. The fraction of sp³-hybridized carbons (Fsp3) is 0.417. The molecule has 1 saturated heterocycles. The van der Waals surface area contributed by atoms with Crippen LogP contribution in [0.15, 0.2) is 12.1 Å². The van der Waals surface area contributed by atoms with Crippen molar-refractivity contribution in [3.8, 4) is 0 Å². The van der Waals surface area contributed by atoms with Gasteiger partial charge in [-0.1, -0.05) is 6.07 Å². The van der Waals surface area contributed by atoms with Crippen molar-refractivity contribution in [2.75, 3.05) is 18.0 Å². The lowest BCUT2D eigenvalue weighted by Gasteiger charge is -2.35. The predicted octanol–water partition coefficient (Wildman–Crippen LogP) is 0.748. The molecule has 98 valence electrons. The Labute approximate surface area is 104 Å². The van der Waals surface area contributed by atoms with E-state index in [-0.39, 0.29) is 23.7 Å². The van der Waals surface area contributed by atoms with Crippen LogP contribution in [0.5, 0.6) is 0 Å². The Morgan fingerprint density at radius 2 is 2.17 bits per heavy atom. The van der Waals surface area contributed by atoms with Gasteiger partial charge in [-0.15, -0.1) is 0 Å². The summed E-state index contributed by atoms with van der Waals surface area (Å²) in [6, 6.07) is 2.40. The summed E-state index contributed by atoms with van der Waals surface area (Å²) < 4.78 is 27.6. The molecule has 3 N–H and O–H groups in total. The van der Waals surface area contributed by atoms with Gasteiger partial charge in [-0.2, -0.15) is 0 Å². The van der Waals surface area contributed by atoms with Crippen LogP contribution in [0.3, 0.4) is 0 Å². The third-order valence-electron chi connectivity index (χ3n) is 3.17. The molecule has 1 heterocycles. The quantitative estimate of drug-likeness (QED) is 0.820. The third-order valence-corrected chi connectivity index (χ3v) is 3.17. The van der Waals surface area contributed by atoms with Crippen LogP contribution in [0.1, 0.15) is 12.5 Å². The van der Waals surface area contributed by atoms with Crippen molar-refractivity contribution in [3.05, 3.63) is 29.3 Å². The second-order valence-electron chi connectivity index (χ2n) is 4.24. The highest BCUT2D eigenvalue weighted by Gasteiger charge is 2.28. The van der Waals surface area contributed by atoms with E-state index < -0.39 is 17.7 Å². The highest BCUT2D eigenvalue weighted by atomic mass is 19.2. The van der Waals surface area contributed by atoms with Gasteiger partial charge in [-0.3, -0.25) is 4.79 Å². The van der Waals surface area contributed by atoms with Crippen molar-refractivity contribution in [1.82, 2.24) is 5.32 Å². The smallest absolute Gasteiger partial charge is 0.242 e. The summed E-state index contributed by atoms with van der Waals surface area (Å²) in [7, 11) is 0. The molecule has 1 unspecified atom stereocenters. The molecule has 1 fully saturated rings. The normalized spacial score (nSPS) is 19.9. The van der Waals surface area contributed by atoms with Gasteiger partial charge < -0.3 is 16.0 Å². The number of nitrogens with one attached hydrogen (secondary N) is 1. The van der Waals surface area contributed by atoms with Crippen molar-refractivity contribution < 1.29 is 13.6 Å². The number of benzene rings is 1. The number of carbonyl (C=O) groups excluding carboxylic acids is 1. The molecule has 1 aromatic carbocycles. The minimum Gasteiger partial charge on any atom is -0.356 e. The first kappa shape index (κ1) is 12.8. The van der Waals surface area contributed by atoms with Gasteiger partial charge in [0.2, 0.25) is 5.91 Å². The lowest BCUT2D eigenvalue weighted by atomic mass is 10.1. The molecule has 0 spiro atoms. The van der Waals surface area contributed by atoms with E-state index in [2.05, 4.69) is 5.32 Å². The fourth-order valence-electron chi connectivity index (χ4n) is 2.07. The number of nitrogens with zero attached hydrogens (tertiary/aromatic N) is 1. The van der Waals surface area contributed by atoms with Gasteiger partial charge >= 0.3 is 0 Å². The molecule has 1 atom stereocenters. The van der Waals surface area contributed by atoms with E-state index >= 15 is 0 Å². The van der Waals surface area contributed by atoms with E-state index in [1.54, 1.807) is 11.8 Å². The van der Waals surface area contributed by atoms with Gasteiger partial charge in [0.05, 0.1) is 5.69 Å². The largest absolute Gasteiger partial charge is 0.356 e. The molecule has 6 heteroatoms. The molecule has 0 bridgehead atoms. The molecule has 1 aliphatic rings. The summed E-state index contributed by atoms with van der Waals surface area (Å²) in [4.78, 5) is 13.1. The Hall–Kier alpha value is -1.69. The number of amides is 1. The van der Waals surface area contributed by atoms with E-state index in [0.29, 0.717) is 13.1 Å². The molecule has 0 aliphatic carbocycles. The van der Waals surface area contributed by atoms with Gasteiger partial charge in [0, 0.05) is 25.2 Å². The van der Waals surface area contributed by atoms with E-state index in [1.807, 2.05) is 0 Å². The first-order valence-electron chi connectivity index (χ1n) is 5.77. The molecule has 18 heavy (non-hydrogen) atoms. The maximum Gasteiger partial charge on any atom is 0.242 e. The molecular weight excluding hydrogens is 240 g/mol. The first-order chi connectivity index (χ1) is 8.56. The number of anilines is 1. The first-order valence-corrected chi connectivity index (χ1v) is 5.77. The van der Waals surface area contributed by atoms with Crippen molar-refractivity contribution >= 4 is 11.6 Å². The number of hydrogen-bond acceptors (Lipinski definition) is 3. The van der Waals surface area contributed by atoms with Crippen LogP contribution in [-0.2, 0) is 11.3 Å². The molecule has 4 nitrogen and oxygen atoms in total. The van der Waals surface area contributed by atoms with Crippen LogP contribution in [-0.4, -0.2) is 25.0 Å². The monoisotopic (exact) mass is 255 g/mol. The lowest BCUT2D eigenvalue weighted by Crippen LogP contribution is -2.54. The highest BCUT2D eigenvalue weighted by Crippen LogP contribution is 2.26. The van der Waals surface area contributed by atoms with Crippen LogP contribution >= 0.6 is 0 Å². The summed E-state index contributed by atoms with van der Waals surface area (Å²) in [6.07, 6.45) is 0. The van der Waals surface area contributed by atoms with Gasteiger partial charge in [-0.25, -0.2) is 8.78 Å². The number of carbonyl (C=O) groups is 1. The average Bonchev–Trinajstić information content (AvgIpc) is 2.37. The molecule has 1 aromatic rings.